The summed E-state index contributed by atoms with van der Waals surface area (Å²) in [5, 5.41) is 3.07. The van der Waals surface area contributed by atoms with E-state index >= 15 is 0 Å². The topological polar surface area (TPSA) is 72.5 Å². The fourth-order valence-corrected chi connectivity index (χ4v) is 2.31. The number of pyridine rings is 1. The molecule has 1 aliphatic carbocycles. The number of aliphatic imine (C=N–C) groups is 1. The first-order valence-corrected chi connectivity index (χ1v) is 7.31. The van der Waals surface area contributed by atoms with Crippen LogP contribution in [0.3, 0.4) is 0 Å². The quantitative estimate of drug-likeness (QED) is 0.639. The van der Waals surface area contributed by atoms with Crippen LogP contribution in [0, 0.1) is 0 Å². The highest BCUT2D eigenvalue weighted by Gasteiger charge is 2.16. The van der Waals surface area contributed by atoms with E-state index in [0.717, 1.165) is 18.4 Å². The number of hydrogen-bond donors (Lipinski definition) is 2. The third-order valence-corrected chi connectivity index (χ3v) is 3.26. The Bertz CT molecular complexity index is 453. The molecule has 1 fully saturated rings. The summed E-state index contributed by atoms with van der Waals surface area (Å²) in [4.78, 5) is 8.57. The van der Waals surface area contributed by atoms with Crippen LogP contribution in [0.4, 0.5) is 0 Å². The van der Waals surface area contributed by atoms with Crippen LogP contribution in [0.15, 0.2) is 23.3 Å². The SMILES string of the molecule is CC(C)NC(N)=NCc1ccnc(OC2CCCC2)c1. The molecule has 1 saturated carbocycles. The zero-order valence-electron chi connectivity index (χ0n) is 12.3. The van der Waals surface area contributed by atoms with Gasteiger partial charge in [0.05, 0.1) is 6.54 Å². The molecule has 1 aliphatic rings. The van der Waals surface area contributed by atoms with Crippen LogP contribution in [-0.2, 0) is 6.54 Å². The molecule has 0 radical (unpaired) electrons. The molecule has 0 aromatic carbocycles. The highest BCUT2D eigenvalue weighted by atomic mass is 16.5. The molecule has 0 unspecified atom stereocenters. The van der Waals surface area contributed by atoms with Crippen molar-refractivity contribution in [3.8, 4) is 5.88 Å². The molecule has 0 saturated heterocycles. The van der Waals surface area contributed by atoms with Gasteiger partial charge in [-0.2, -0.15) is 0 Å². The van der Waals surface area contributed by atoms with Crippen molar-refractivity contribution in [2.24, 2.45) is 10.7 Å². The highest BCUT2D eigenvalue weighted by molar-refractivity contribution is 5.78. The molecular weight excluding hydrogens is 252 g/mol. The van der Waals surface area contributed by atoms with Crippen LogP contribution in [-0.4, -0.2) is 23.1 Å². The van der Waals surface area contributed by atoms with Gasteiger partial charge in [-0.3, -0.25) is 0 Å². The third-order valence-electron chi connectivity index (χ3n) is 3.26. The number of ether oxygens (including phenoxy) is 1. The van der Waals surface area contributed by atoms with Gasteiger partial charge in [-0.25, -0.2) is 9.98 Å². The Morgan fingerprint density at radius 1 is 1.50 bits per heavy atom. The second kappa shape index (κ2) is 7.12. The smallest absolute Gasteiger partial charge is 0.213 e. The van der Waals surface area contributed by atoms with Crippen LogP contribution < -0.4 is 15.8 Å². The summed E-state index contributed by atoms with van der Waals surface area (Å²) < 4.78 is 5.88. The lowest BCUT2D eigenvalue weighted by atomic mass is 10.2. The zero-order chi connectivity index (χ0) is 14.4. The standard InChI is InChI=1S/C15H24N4O/c1-11(2)19-15(16)18-10-12-7-8-17-14(9-12)20-13-5-3-4-6-13/h7-9,11,13H,3-6,10H2,1-2H3,(H3,16,18,19). The van der Waals surface area contributed by atoms with Crippen LogP contribution in [0.1, 0.15) is 45.1 Å². The molecule has 0 atom stereocenters. The first-order chi connectivity index (χ1) is 9.63. The Morgan fingerprint density at radius 3 is 2.95 bits per heavy atom. The molecular formula is C15H24N4O. The van der Waals surface area contributed by atoms with E-state index in [1.807, 2.05) is 26.0 Å². The number of rotatable bonds is 5. The Kier molecular flexibility index (Phi) is 5.21. The van der Waals surface area contributed by atoms with Crippen molar-refractivity contribution in [2.45, 2.75) is 58.2 Å². The Hall–Kier alpha value is -1.78. The molecule has 0 spiro atoms. The van der Waals surface area contributed by atoms with Gasteiger partial charge >= 0.3 is 0 Å². The molecule has 5 nitrogen and oxygen atoms in total. The average Bonchev–Trinajstić information content (AvgIpc) is 2.89. The molecule has 1 heterocycles. The monoisotopic (exact) mass is 276 g/mol. The lowest BCUT2D eigenvalue weighted by Crippen LogP contribution is -2.36. The molecule has 5 heteroatoms. The minimum Gasteiger partial charge on any atom is -0.474 e. The summed E-state index contributed by atoms with van der Waals surface area (Å²) in [6.07, 6.45) is 6.87. The van der Waals surface area contributed by atoms with Gasteiger partial charge in [0, 0.05) is 18.3 Å². The summed E-state index contributed by atoms with van der Waals surface area (Å²) in [7, 11) is 0. The zero-order valence-corrected chi connectivity index (χ0v) is 12.3. The summed E-state index contributed by atoms with van der Waals surface area (Å²) in [5.74, 6) is 1.16. The molecule has 20 heavy (non-hydrogen) atoms. The normalized spacial score (nSPS) is 16.6. The van der Waals surface area contributed by atoms with E-state index < -0.39 is 0 Å². The number of nitrogens with zero attached hydrogens (tertiary/aromatic N) is 2. The Balaban J connectivity index is 1.91. The number of nitrogens with one attached hydrogen (secondary N) is 1. The number of hydrogen-bond acceptors (Lipinski definition) is 3. The van der Waals surface area contributed by atoms with E-state index in [9.17, 15) is 0 Å². The maximum atomic E-state index is 5.88. The highest BCUT2D eigenvalue weighted by Crippen LogP contribution is 2.23. The van der Waals surface area contributed by atoms with Crippen molar-refractivity contribution in [1.82, 2.24) is 10.3 Å². The van der Waals surface area contributed by atoms with Crippen molar-refractivity contribution < 1.29 is 4.74 Å². The van der Waals surface area contributed by atoms with Crippen LogP contribution in [0.25, 0.3) is 0 Å². The summed E-state index contributed by atoms with van der Waals surface area (Å²) >= 11 is 0. The Labute approximate surface area is 120 Å². The summed E-state index contributed by atoms with van der Waals surface area (Å²) in [6, 6.07) is 4.18. The first-order valence-electron chi connectivity index (χ1n) is 7.31. The molecule has 0 bridgehead atoms. The van der Waals surface area contributed by atoms with Gasteiger partial charge < -0.3 is 15.8 Å². The second-order valence-corrected chi connectivity index (χ2v) is 5.53. The van der Waals surface area contributed by atoms with Crippen molar-refractivity contribution in [1.29, 1.82) is 0 Å². The predicted octanol–water partition coefficient (Wildman–Crippen LogP) is 2.22. The van der Waals surface area contributed by atoms with Gasteiger partial charge in [0.1, 0.15) is 6.10 Å². The molecule has 1 aromatic heterocycles. The number of aromatic nitrogens is 1. The van der Waals surface area contributed by atoms with Crippen molar-refractivity contribution in [3.63, 3.8) is 0 Å². The van der Waals surface area contributed by atoms with E-state index in [-0.39, 0.29) is 6.04 Å². The number of nitrogens with two attached hydrogens (primary N) is 1. The molecule has 0 amide bonds. The largest absolute Gasteiger partial charge is 0.474 e. The Morgan fingerprint density at radius 2 is 2.25 bits per heavy atom. The predicted molar refractivity (Wildman–Crippen MR) is 80.7 cm³/mol. The van der Waals surface area contributed by atoms with Crippen molar-refractivity contribution in [3.05, 3.63) is 23.9 Å². The van der Waals surface area contributed by atoms with Crippen molar-refractivity contribution in [2.75, 3.05) is 0 Å². The molecule has 2 rings (SSSR count). The molecule has 110 valence electrons. The average molecular weight is 276 g/mol. The molecule has 1 aromatic rings. The van der Waals surface area contributed by atoms with Gasteiger partial charge in [0.2, 0.25) is 5.88 Å². The summed E-state index contributed by atoms with van der Waals surface area (Å²) in [5.41, 5.74) is 6.84. The minimum absolute atomic E-state index is 0.289. The van der Waals surface area contributed by atoms with Gasteiger partial charge in [0.15, 0.2) is 5.96 Å². The third kappa shape index (κ3) is 4.72. The van der Waals surface area contributed by atoms with Gasteiger partial charge in [-0.05, 0) is 51.2 Å². The fraction of sp³-hybridized carbons (Fsp3) is 0.600. The lowest BCUT2D eigenvalue weighted by Gasteiger charge is -2.12. The van der Waals surface area contributed by atoms with Crippen LogP contribution in [0.5, 0.6) is 5.88 Å². The van der Waals surface area contributed by atoms with Crippen LogP contribution in [0.2, 0.25) is 0 Å². The van der Waals surface area contributed by atoms with E-state index in [2.05, 4.69) is 15.3 Å². The second-order valence-electron chi connectivity index (χ2n) is 5.53. The van der Waals surface area contributed by atoms with E-state index in [0.29, 0.717) is 24.5 Å². The van der Waals surface area contributed by atoms with Gasteiger partial charge in [-0.1, -0.05) is 0 Å². The van der Waals surface area contributed by atoms with Crippen molar-refractivity contribution >= 4 is 5.96 Å². The van der Waals surface area contributed by atoms with Gasteiger partial charge in [-0.15, -0.1) is 0 Å². The lowest BCUT2D eigenvalue weighted by molar-refractivity contribution is 0.201. The maximum Gasteiger partial charge on any atom is 0.213 e. The fourth-order valence-electron chi connectivity index (χ4n) is 2.31. The first kappa shape index (κ1) is 14.6. The van der Waals surface area contributed by atoms with Gasteiger partial charge in [0.25, 0.3) is 0 Å². The van der Waals surface area contributed by atoms with Crippen LogP contribution >= 0.6 is 0 Å². The minimum atomic E-state index is 0.289. The maximum absolute atomic E-state index is 5.88. The molecule has 3 N–H and O–H groups in total. The van der Waals surface area contributed by atoms with E-state index in [1.54, 1.807) is 6.20 Å². The van der Waals surface area contributed by atoms with E-state index in [4.69, 9.17) is 10.5 Å². The molecule has 0 aliphatic heterocycles. The van der Waals surface area contributed by atoms with E-state index in [1.165, 1.54) is 12.8 Å². The number of guanidine groups is 1. The summed E-state index contributed by atoms with van der Waals surface area (Å²) in [6.45, 7) is 4.60.